The first kappa shape index (κ1) is 13.3. The highest BCUT2D eigenvalue weighted by Gasteiger charge is 2.02. The predicted octanol–water partition coefficient (Wildman–Crippen LogP) is 1.19. The van der Waals surface area contributed by atoms with Crippen LogP contribution in [-0.2, 0) is 19.1 Å². The second kappa shape index (κ2) is 8.87. The van der Waals surface area contributed by atoms with Crippen LogP contribution in [0, 0.1) is 0 Å². The molecule has 0 aliphatic rings. The number of carbonyl (C=O) groups is 2. The van der Waals surface area contributed by atoms with Crippen molar-refractivity contribution in [3.05, 3.63) is 0 Å². The van der Waals surface area contributed by atoms with E-state index in [9.17, 15) is 9.59 Å². The number of ether oxygens (including phenoxy) is 2. The van der Waals surface area contributed by atoms with Crippen LogP contribution in [0.15, 0.2) is 0 Å². The van der Waals surface area contributed by atoms with Gasteiger partial charge in [-0.1, -0.05) is 6.92 Å². The molecule has 0 radical (unpaired) electrons. The number of hydrogen-bond donors (Lipinski definition) is 1. The van der Waals surface area contributed by atoms with Gasteiger partial charge < -0.3 is 9.47 Å². The van der Waals surface area contributed by atoms with Gasteiger partial charge in [0.15, 0.2) is 0 Å². The lowest BCUT2D eigenvalue weighted by Gasteiger charge is -2.04. The van der Waals surface area contributed by atoms with Gasteiger partial charge in [-0.25, -0.2) is 0 Å². The number of rotatable bonds is 7. The Morgan fingerprint density at radius 1 is 1.07 bits per heavy atom. The van der Waals surface area contributed by atoms with E-state index in [1.54, 1.807) is 0 Å². The summed E-state index contributed by atoms with van der Waals surface area (Å²) >= 11 is 3.88. The number of carbonyl (C=O) groups excluding carboxylic acids is 2. The Labute approximate surface area is 89.4 Å². The molecule has 0 aromatic carbocycles. The molecule has 0 spiro atoms. The van der Waals surface area contributed by atoms with Crippen LogP contribution in [0.25, 0.3) is 0 Å². The normalized spacial score (nSPS) is 9.57. The molecule has 0 aromatic heterocycles. The zero-order chi connectivity index (χ0) is 10.8. The molecule has 82 valence electrons. The van der Waals surface area contributed by atoms with Crippen LogP contribution >= 0.6 is 12.6 Å². The maximum absolute atomic E-state index is 10.8. The second-order valence-electron chi connectivity index (χ2n) is 2.66. The smallest absolute Gasteiger partial charge is 0.306 e. The summed E-state index contributed by atoms with van der Waals surface area (Å²) in [6.45, 7) is 2.16. The Morgan fingerprint density at radius 3 is 2.00 bits per heavy atom. The maximum Gasteiger partial charge on any atom is 0.306 e. The van der Waals surface area contributed by atoms with Gasteiger partial charge in [0.05, 0.1) is 6.42 Å². The maximum atomic E-state index is 10.8. The van der Waals surface area contributed by atoms with Crippen LogP contribution in [0.2, 0.25) is 0 Å². The third kappa shape index (κ3) is 7.91. The number of hydrogen-bond acceptors (Lipinski definition) is 5. The van der Waals surface area contributed by atoms with E-state index in [0.29, 0.717) is 12.2 Å². The zero-order valence-electron chi connectivity index (χ0n) is 8.32. The minimum absolute atomic E-state index is 0.127. The summed E-state index contributed by atoms with van der Waals surface area (Å²) in [5.41, 5.74) is 0. The van der Waals surface area contributed by atoms with Gasteiger partial charge in [-0.15, -0.1) is 0 Å². The van der Waals surface area contributed by atoms with E-state index < -0.39 is 0 Å². The Balaban J connectivity index is 3.28. The molecule has 0 heterocycles. The van der Waals surface area contributed by atoms with Crippen LogP contribution in [0.5, 0.6) is 0 Å². The molecular weight excluding hydrogens is 204 g/mol. The molecule has 0 saturated carbocycles. The predicted molar refractivity (Wildman–Crippen MR) is 55.3 cm³/mol. The number of esters is 2. The van der Waals surface area contributed by atoms with Gasteiger partial charge in [0, 0.05) is 12.2 Å². The summed E-state index contributed by atoms with van der Waals surface area (Å²) in [6.07, 6.45) is 1.45. The topological polar surface area (TPSA) is 52.6 Å². The van der Waals surface area contributed by atoms with E-state index in [-0.39, 0.29) is 31.6 Å². The van der Waals surface area contributed by atoms with E-state index in [0.717, 1.165) is 6.42 Å². The van der Waals surface area contributed by atoms with Gasteiger partial charge in [-0.05, 0) is 6.42 Å². The molecule has 0 aromatic rings. The molecule has 0 amide bonds. The van der Waals surface area contributed by atoms with Gasteiger partial charge in [-0.3, -0.25) is 9.59 Å². The summed E-state index contributed by atoms with van der Waals surface area (Å²) in [5, 5.41) is 0. The molecule has 0 aliphatic carbocycles. The first-order valence-electron chi connectivity index (χ1n) is 4.62. The molecular formula is C9H16O4S. The monoisotopic (exact) mass is 220 g/mol. The summed E-state index contributed by atoms with van der Waals surface area (Å²) in [6, 6.07) is 0. The Bertz CT molecular complexity index is 162. The Hall–Kier alpha value is -0.710. The van der Waals surface area contributed by atoms with Gasteiger partial charge in [0.25, 0.3) is 0 Å². The van der Waals surface area contributed by atoms with Crippen LogP contribution < -0.4 is 0 Å². The third-order valence-electron chi connectivity index (χ3n) is 1.38. The van der Waals surface area contributed by atoms with Crippen molar-refractivity contribution in [3.8, 4) is 0 Å². The minimum atomic E-state index is -0.313. The largest absolute Gasteiger partial charge is 0.462 e. The van der Waals surface area contributed by atoms with Gasteiger partial charge >= 0.3 is 11.9 Å². The van der Waals surface area contributed by atoms with Crippen LogP contribution in [-0.4, -0.2) is 30.9 Å². The lowest BCUT2D eigenvalue weighted by atomic mass is 10.3. The summed E-state index contributed by atoms with van der Waals surface area (Å²) in [4.78, 5) is 21.6. The SMILES string of the molecule is CCCC(=O)OCCOC(=O)CCS. The lowest BCUT2D eigenvalue weighted by Crippen LogP contribution is -2.13. The Kier molecular flexibility index (Phi) is 8.42. The van der Waals surface area contributed by atoms with Crippen molar-refractivity contribution in [2.45, 2.75) is 26.2 Å². The van der Waals surface area contributed by atoms with Gasteiger partial charge in [-0.2, -0.15) is 12.6 Å². The average Bonchev–Trinajstić information content (AvgIpc) is 2.13. The molecule has 0 fully saturated rings. The van der Waals surface area contributed by atoms with Crippen molar-refractivity contribution in [3.63, 3.8) is 0 Å². The molecule has 0 unspecified atom stereocenters. The van der Waals surface area contributed by atoms with E-state index in [4.69, 9.17) is 9.47 Å². The highest BCUT2D eigenvalue weighted by Crippen LogP contribution is 1.92. The number of thiol groups is 1. The zero-order valence-corrected chi connectivity index (χ0v) is 9.22. The second-order valence-corrected chi connectivity index (χ2v) is 3.11. The van der Waals surface area contributed by atoms with Crippen LogP contribution in [0.4, 0.5) is 0 Å². The van der Waals surface area contributed by atoms with Crippen molar-refractivity contribution < 1.29 is 19.1 Å². The van der Waals surface area contributed by atoms with E-state index in [1.165, 1.54) is 0 Å². The minimum Gasteiger partial charge on any atom is -0.462 e. The molecule has 0 atom stereocenters. The summed E-state index contributed by atoms with van der Waals surface area (Å²) in [7, 11) is 0. The Morgan fingerprint density at radius 2 is 1.57 bits per heavy atom. The summed E-state index contributed by atoms with van der Waals surface area (Å²) in [5.74, 6) is -0.0988. The van der Waals surface area contributed by atoms with Crippen molar-refractivity contribution in [2.24, 2.45) is 0 Å². The van der Waals surface area contributed by atoms with Crippen molar-refractivity contribution in [1.82, 2.24) is 0 Å². The first-order chi connectivity index (χ1) is 6.70. The molecule has 0 rings (SSSR count). The van der Waals surface area contributed by atoms with Gasteiger partial charge in [0.2, 0.25) is 0 Å². The van der Waals surface area contributed by atoms with Crippen molar-refractivity contribution in [1.29, 1.82) is 0 Å². The van der Waals surface area contributed by atoms with E-state index in [1.807, 2.05) is 6.92 Å². The molecule has 0 N–H and O–H groups in total. The molecule has 14 heavy (non-hydrogen) atoms. The van der Waals surface area contributed by atoms with Gasteiger partial charge in [0.1, 0.15) is 13.2 Å². The van der Waals surface area contributed by atoms with E-state index in [2.05, 4.69) is 12.6 Å². The standard InChI is InChI=1S/C9H16O4S/c1-2-3-8(10)12-5-6-13-9(11)4-7-14/h14H,2-7H2,1H3. The molecule has 4 nitrogen and oxygen atoms in total. The summed E-state index contributed by atoms with van der Waals surface area (Å²) < 4.78 is 9.52. The highest BCUT2D eigenvalue weighted by atomic mass is 32.1. The van der Waals surface area contributed by atoms with Crippen LogP contribution in [0.3, 0.4) is 0 Å². The highest BCUT2D eigenvalue weighted by molar-refractivity contribution is 7.80. The molecule has 0 saturated heterocycles. The molecule has 0 bridgehead atoms. The fourth-order valence-corrected chi connectivity index (χ4v) is 0.933. The average molecular weight is 220 g/mol. The molecule has 5 heteroatoms. The first-order valence-corrected chi connectivity index (χ1v) is 5.26. The lowest BCUT2D eigenvalue weighted by molar-refractivity contribution is -0.152. The molecule has 0 aliphatic heterocycles. The third-order valence-corrected chi connectivity index (χ3v) is 1.60. The van der Waals surface area contributed by atoms with E-state index >= 15 is 0 Å². The fourth-order valence-electron chi connectivity index (χ4n) is 0.751. The van der Waals surface area contributed by atoms with Crippen molar-refractivity contribution in [2.75, 3.05) is 19.0 Å². The quantitative estimate of drug-likeness (QED) is 0.398. The fraction of sp³-hybridized carbons (Fsp3) is 0.778. The van der Waals surface area contributed by atoms with Crippen LogP contribution in [0.1, 0.15) is 26.2 Å². The van der Waals surface area contributed by atoms with Crippen molar-refractivity contribution >= 4 is 24.6 Å².